The summed E-state index contributed by atoms with van der Waals surface area (Å²) < 4.78 is 5.89. The molecule has 3 aliphatic heterocycles. The summed E-state index contributed by atoms with van der Waals surface area (Å²) in [7, 11) is 0. The molecule has 1 aromatic rings. The van der Waals surface area contributed by atoms with Gasteiger partial charge in [-0.1, -0.05) is 42.5 Å². The van der Waals surface area contributed by atoms with Crippen LogP contribution in [-0.2, 0) is 14.3 Å². The van der Waals surface area contributed by atoms with Gasteiger partial charge in [-0.15, -0.1) is 0 Å². The standard InChI is InChI=1S/C17H17NO4/c1-10(11-5-3-2-4-6-11)18-9-17-8-7-12(22-17)13(16(20)21)14(17)15(18)19/h2-8,10,12-14H,9H2,1H3,(H,20,21)/t10-,12-,13-,14-,17+/m0/s1. The Hall–Kier alpha value is -2.14. The summed E-state index contributed by atoms with van der Waals surface area (Å²) in [4.78, 5) is 26.1. The Bertz CT molecular complexity index is 670. The molecule has 2 bridgehead atoms. The van der Waals surface area contributed by atoms with Gasteiger partial charge in [0.25, 0.3) is 0 Å². The Balaban J connectivity index is 1.68. The lowest BCUT2D eigenvalue weighted by molar-refractivity contribution is -0.148. The first-order chi connectivity index (χ1) is 10.5. The molecule has 0 saturated carbocycles. The molecule has 4 rings (SSSR count). The number of amides is 1. The quantitative estimate of drug-likeness (QED) is 0.861. The Morgan fingerprint density at radius 3 is 2.82 bits per heavy atom. The van der Waals surface area contributed by atoms with Crippen LogP contribution < -0.4 is 0 Å². The third kappa shape index (κ3) is 1.63. The minimum atomic E-state index is -0.955. The number of hydrogen-bond donors (Lipinski definition) is 1. The monoisotopic (exact) mass is 299 g/mol. The summed E-state index contributed by atoms with van der Waals surface area (Å²) in [5, 5.41) is 9.45. The molecule has 5 nitrogen and oxygen atoms in total. The molecule has 5 atom stereocenters. The molecule has 0 aromatic heterocycles. The van der Waals surface area contributed by atoms with E-state index < -0.39 is 29.5 Å². The van der Waals surface area contributed by atoms with E-state index in [9.17, 15) is 14.7 Å². The van der Waals surface area contributed by atoms with Gasteiger partial charge < -0.3 is 14.7 Å². The van der Waals surface area contributed by atoms with Crippen LogP contribution in [0.15, 0.2) is 42.5 Å². The fourth-order valence-electron chi connectivity index (χ4n) is 4.05. The average Bonchev–Trinajstić information content (AvgIpc) is 3.15. The van der Waals surface area contributed by atoms with Crippen LogP contribution in [0.2, 0.25) is 0 Å². The van der Waals surface area contributed by atoms with Crippen molar-refractivity contribution in [3.05, 3.63) is 48.0 Å². The van der Waals surface area contributed by atoms with Crippen LogP contribution in [0.4, 0.5) is 0 Å². The van der Waals surface area contributed by atoms with Crippen LogP contribution >= 0.6 is 0 Å². The van der Waals surface area contributed by atoms with Crippen LogP contribution in [-0.4, -0.2) is 40.1 Å². The van der Waals surface area contributed by atoms with Crippen molar-refractivity contribution in [2.75, 3.05) is 6.54 Å². The first kappa shape index (κ1) is 13.5. The van der Waals surface area contributed by atoms with Gasteiger partial charge in [-0.2, -0.15) is 0 Å². The Kier molecular flexibility index (Phi) is 2.72. The minimum absolute atomic E-state index is 0.0980. The van der Waals surface area contributed by atoms with Gasteiger partial charge in [0, 0.05) is 0 Å². The van der Waals surface area contributed by atoms with E-state index in [1.165, 1.54) is 0 Å². The van der Waals surface area contributed by atoms with Crippen LogP contribution in [0.3, 0.4) is 0 Å². The highest BCUT2D eigenvalue weighted by molar-refractivity contribution is 5.91. The van der Waals surface area contributed by atoms with Crippen molar-refractivity contribution in [3.8, 4) is 0 Å². The van der Waals surface area contributed by atoms with Gasteiger partial charge in [-0.25, -0.2) is 0 Å². The lowest BCUT2D eigenvalue weighted by Crippen LogP contribution is -2.39. The van der Waals surface area contributed by atoms with E-state index in [4.69, 9.17) is 4.74 Å². The number of likely N-dealkylation sites (tertiary alicyclic amines) is 1. The Labute approximate surface area is 128 Å². The number of aliphatic carboxylic acids is 1. The van der Waals surface area contributed by atoms with E-state index in [0.717, 1.165) is 5.56 Å². The van der Waals surface area contributed by atoms with Crippen LogP contribution in [0.5, 0.6) is 0 Å². The summed E-state index contributed by atoms with van der Waals surface area (Å²) in [6, 6.07) is 9.67. The maximum Gasteiger partial charge on any atom is 0.310 e. The second-order valence-electron chi connectivity index (χ2n) is 6.29. The minimum Gasteiger partial charge on any atom is -0.481 e. The highest BCUT2D eigenvalue weighted by atomic mass is 16.5. The molecule has 1 aromatic carbocycles. The second-order valence-corrected chi connectivity index (χ2v) is 6.29. The average molecular weight is 299 g/mol. The van der Waals surface area contributed by atoms with Gasteiger partial charge in [-0.3, -0.25) is 9.59 Å². The van der Waals surface area contributed by atoms with Crippen molar-refractivity contribution in [1.82, 2.24) is 4.90 Å². The number of carbonyl (C=O) groups excluding carboxylic acids is 1. The number of ether oxygens (including phenoxy) is 1. The summed E-state index contributed by atoms with van der Waals surface area (Å²) >= 11 is 0. The third-order valence-corrected chi connectivity index (χ3v) is 5.16. The van der Waals surface area contributed by atoms with Crippen molar-refractivity contribution < 1.29 is 19.4 Å². The molecular formula is C17H17NO4. The predicted molar refractivity (Wildman–Crippen MR) is 77.9 cm³/mol. The molecule has 22 heavy (non-hydrogen) atoms. The smallest absolute Gasteiger partial charge is 0.310 e. The molecule has 0 unspecified atom stereocenters. The van der Waals surface area contributed by atoms with Crippen molar-refractivity contribution in [2.24, 2.45) is 11.8 Å². The summed E-state index contributed by atoms with van der Waals surface area (Å²) in [6.07, 6.45) is 3.21. The zero-order chi connectivity index (χ0) is 15.5. The maximum atomic E-state index is 12.8. The second kappa shape index (κ2) is 4.43. The molecular weight excluding hydrogens is 282 g/mol. The number of hydrogen-bond acceptors (Lipinski definition) is 3. The van der Waals surface area contributed by atoms with E-state index in [-0.39, 0.29) is 11.9 Å². The number of nitrogens with zero attached hydrogens (tertiary/aromatic N) is 1. The van der Waals surface area contributed by atoms with E-state index in [1.54, 1.807) is 11.0 Å². The molecule has 3 aliphatic rings. The van der Waals surface area contributed by atoms with Crippen molar-refractivity contribution in [3.63, 3.8) is 0 Å². The molecule has 5 heteroatoms. The normalized spacial score (nSPS) is 36.7. The Morgan fingerprint density at radius 1 is 1.41 bits per heavy atom. The third-order valence-electron chi connectivity index (χ3n) is 5.16. The predicted octanol–water partition coefficient (Wildman–Crippen LogP) is 1.61. The molecule has 1 amide bonds. The number of carboxylic acid groups (broad SMARTS) is 1. The van der Waals surface area contributed by atoms with Gasteiger partial charge >= 0.3 is 5.97 Å². The van der Waals surface area contributed by atoms with Gasteiger partial charge in [0.1, 0.15) is 11.5 Å². The zero-order valence-corrected chi connectivity index (χ0v) is 12.2. The van der Waals surface area contributed by atoms with Crippen molar-refractivity contribution in [2.45, 2.75) is 24.7 Å². The molecule has 0 aliphatic carbocycles. The lowest BCUT2D eigenvalue weighted by Gasteiger charge is -2.27. The summed E-state index contributed by atoms with van der Waals surface area (Å²) in [5.41, 5.74) is 0.283. The van der Waals surface area contributed by atoms with Gasteiger partial charge in [0.15, 0.2) is 0 Å². The molecule has 2 fully saturated rings. The number of fused-ring (bicyclic) bond motifs is 1. The number of rotatable bonds is 3. The van der Waals surface area contributed by atoms with Crippen LogP contribution in [0, 0.1) is 11.8 Å². The first-order valence-corrected chi connectivity index (χ1v) is 7.49. The van der Waals surface area contributed by atoms with Gasteiger partial charge in [0.05, 0.1) is 24.6 Å². The highest BCUT2D eigenvalue weighted by Gasteiger charge is 2.67. The fraction of sp³-hybridized carbons (Fsp3) is 0.412. The zero-order valence-electron chi connectivity index (χ0n) is 12.2. The topological polar surface area (TPSA) is 66.8 Å². The maximum absolute atomic E-state index is 12.8. The summed E-state index contributed by atoms with van der Waals surface area (Å²) in [5.74, 6) is -2.45. The molecule has 0 radical (unpaired) electrons. The number of carboxylic acids is 1. The fourth-order valence-corrected chi connectivity index (χ4v) is 4.05. The van der Waals surface area contributed by atoms with E-state index in [1.807, 2.05) is 43.3 Å². The van der Waals surface area contributed by atoms with E-state index in [2.05, 4.69) is 0 Å². The van der Waals surface area contributed by atoms with E-state index in [0.29, 0.717) is 6.54 Å². The largest absolute Gasteiger partial charge is 0.481 e. The molecule has 3 heterocycles. The van der Waals surface area contributed by atoms with Gasteiger partial charge in [0.2, 0.25) is 5.91 Å². The number of benzene rings is 1. The van der Waals surface area contributed by atoms with Crippen molar-refractivity contribution >= 4 is 11.9 Å². The number of carbonyl (C=O) groups is 2. The van der Waals surface area contributed by atoms with Crippen molar-refractivity contribution in [1.29, 1.82) is 0 Å². The lowest BCUT2D eigenvalue weighted by atomic mass is 9.77. The van der Waals surface area contributed by atoms with Crippen LogP contribution in [0.25, 0.3) is 0 Å². The van der Waals surface area contributed by atoms with Crippen LogP contribution in [0.1, 0.15) is 18.5 Å². The molecule has 114 valence electrons. The molecule has 2 saturated heterocycles. The van der Waals surface area contributed by atoms with Gasteiger partial charge in [-0.05, 0) is 12.5 Å². The summed E-state index contributed by atoms with van der Waals surface area (Å²) in [6.45, 7) is 2.39. The van der Waals surface area contributed by atoms with E-state index >= 15 is 0 Å². The first-order valence-electron chi connectivity index (χ1n) is 7.49. The molecule has 1 spiro atoms. The Morgan fingerprint density at radius 2 is 2.14 bits per heavy atom. The highest BCUT2D eigenvalue weighted by Crippen LogP contribution is 2.53. The SMILES string of the molecule is C[C@@H](c1ccccc1)N1C[C@@]23C=C[C@H](O2)[C@H](C(=O)O)[C@H]3C1=O. The molecule has 1 N–H and O–H groups in total.